The molecular formula is C12H11NO2. The van der Waals surface area contributed by atoms with Crippen LogP contribution >= 0.6 is 0 Å². The SMILES string of the molecule is c1cnc2ccc(OC[C@@H]3CO3)cc2c1. The molecule has 1 aromatic carbocycles. The van der Waals surface area contributed by atoms with Crippen molar-refractivity contribution in [2.75, 3.05) is 13.2 Å². The molecule has 0 saturated carbocycles. The van der Waals surface area contributed by atoms with Crippen LogP contribution in [0, 0.1) is 0 Å². The minimum absolute atomic E-state index is 0.301. The maximum atomic E-state index is 5.59. The summed E-state index contributed by atoms with van der Waals surface area (Å²) in [4.78, 5) is 4.25. The lowest BCUT2D eigenvalue weighted by Gasteiger charge is -2.04. The summed E-state index contributed by atoms with van der Waals surface area (Å²) in [6.45, 7) is 1.47. The number of hydrogen-bond donors (Lipinski definition) is 0. The monoisotopic (exact) mass is 201 g/mol. The lowest BCUT2D eigenvalue weighted by molar-refractivity contribution is 0.263. The molecule has 1 aromatic heterocycles. The van der Waals surface area contributed by atoms with Gasteiger partial charge in [0.05, 0.1) is 12.1 Å². The number of fused-ring (bicyclic) bond motifs is 1. The fourth-order valence-corrected chi connectivity index (χ4v) is 1.50. The molecule has 0 bridgehead atoms. The normalized spacial score (nSPS) is 19.1. The Balaban J connectivity index is 1.84. The number of benzene rings is 1. The molecule has 1 aliphatic heterocycles. The highest BCUT2D eigenvalue weighted by Gasteiger charge is 2.22. The van der Waals surface area contributed by atoms with Crippen LogP contribution in [-0.4, -0.2) is 24.3 Å². The predicted octanol–water partition coefficient (Wildman–Crippen LogP) is 2.01. The van der Waals surface area contributed by atoms with Crippen LogP contribution in [0.5, 0.6) is 5.75 Å². The zero-order valence-corrected chi connectivity index (χ0v) is 8.22. The first-order chi connectivity index (χ1) is 7.42. The van der Waals surface area contributed by atoms with Crippen LogP contribution in [-0.2, 0) is 4.74 Å². The van der Waals surface area contributed by atoms with Gasteiger partial charge in [-0.25, -0.2) is 0 Å². The minimum atomic E-state index is 0.301. The van der Waals surface area contributed by atoms with Crippen molar-refractivity contribution in [3.8, 4) is 5.75 Å². The number of pyridine rings is 1. The van der Waals surface area contributed by atoms with Gasteiger partial charge in [0.1, 0.15) is 18.5 Å². The largest absolute Gasteiger partial charge is 0.491 e. The van der Waals surface area contributed by atoms with Crippen molar-refractivity contribution in [1.29, 1.82) is 0 Å². The van der Waals surface area contributed by atoms with Crippen LogP contribution in [0.3, 0.4) is 0 Å². The Morgan fingerprint density at radius 3 is 3.20 bits per heavy atom. The molecule has 0 radical (unpaired) electrons. The van der Waals surface area contributed by atoms with E-state index in [-0.39, 0.29) is 0 Å². The van der Waals surface area contributed by atoms with E-state index in [1.54, 1.807) is 6.20 Å². The first-order valence-electron chi connectivity index (χ1n) is 5.01. The zero-order chi connectivity index (χ0) is 10.1. The summed E-state index contributed by atoms with van der Waals surface area (Å²) in [7, 11) is 0. The summed E-state index contributed by atoms with van der Waals surface area (Å²) < 4.78 is 10.7. The summed E-state index contributed by atoms with van der Waals surface area (Å²) in [5, 5.41) is 1.10. The maximum absolute atomic E-state index is 5.59. The van der Waals surface area contributed by atoms with Crippen molar-refractivity contribution >= 4 is 10.9 Å². The van der Waals surface area contributed by atoms with Crippen LogP contribution < -0.4 is 4.74 Å². The van der Waals surface area contributed by atoms with E-state index in [9.17, 15) is 0 Å². The van der Waals surface area contributed by atoms with Crippen LogP contribution in [0.4, 0.5) is 0 Å². The van der Waals surface area contributed by atoms with Gasteiger partial charge < -0.3 is 9.47 Å². The molecule has 0 spiro atoms. The minimum Gasteiger partial charge on any atom is -0.491 e. The lowest BCUT2D eigenvalue weighted by Crippen LogP contribution is -2.03. The molecule has 1 aliphatic rings. The van der Waals surface area contributed by atoms with Gasteiger partial charge >= 0.3 is 0 Å². The van der Waals surface area contributed by atoms with Crippen LogP contribution in [0.15, 0.2) is 36.5 Å². The van der Waals surface area contributed by atoms with Crippen LogP contribution in [0.1, 0.15) is 0 Å². The number of ether oxygens (including phenoxy) is 2. The molecular weight excluding hydrogens is 190 g/mol. The third-order valence-corrected chi connectivity index (χ3v) is 2.41. The van der Waals surface area contributed by atoms with E-state index in [1.165, 1.54) is 0 Å². The van der Waals surface area contributed by atoms with E-state index in [2.05, 4.69) is 4.98 Å². The van der Waals surface area contributed by atoms with Gasteiger partial charge in [0.15, 0.2) is 0 Å². The average molecular weight is 201 g/mol. The van der Waals surface area contributed by atoms with Crippen molar-refractivity contribution in [2.45, 2.75) is 6.10 Å². The Morgan fingerprint density at radius 2 is 2.33 bits per heavy atom. The highest BCUT2D eigenvalue weighted by atomic mass is 16.6. The van der Waals surface area contributed by atoms with Gasteiger partial charge in [-0.3, -0.25) is 4.98 Å². The summed E-state index contributed by atoms with van der Waals surface area (Å²) in [5.74, 6) is 0.881. The van der Waals surface area contributed by atoms with Crippen molar-refractivity contribution in [3.05, 3.63) is 36.5 Å². The molecule has 0 aliphatic carbocycles. The molecule has 3 heteroatoms. The second-order valence-corrected chi connectivity index (χ2v) is 3.62. The standard InChI is InChI=1S/C12H11NO2/c1-2-9-6-10(14-7-11-8-15-11)3-4-12(9)13-5-1/h1-6,11H,7-8H2/t11-/m1/s1. The molecule has 3 nitrogen and oxygen atoms in total. The van der Waals surface area contributed by atoms with E-state index < -0.39 is 0 Å². The van der Waals surface area contributed by atoms with Gasteiger partial charge in [-0.15, -0.1) is 0 Å². The summed E-state index contributed by atoms with van der Waals surface area (Å²) in [5.41, 5.74) is 0.993. The fraction of sp³-hybridized carbons (Fsp3) is 0.250. The molecule has 1 fully saturated rings. The van der Waals surface area contributed by atoms with Gasteiger partial charge in [-0.05, 0) is 24.3 Å². The summed E-state index contributed by atoms with van der Waals surface area (Å²) >= 11 is 0. The van der Waals surface area contributed by atoms with Crippen LogP contribution in [0.2, 0.25) is 0 Å². The molecule has 0 unspecified atom stereocenters. The number of nitrogens with zero attached hydrogens (tertiary/aromatic N) is 1. The molecule has 1 saturated heterocycles. The Morgan fingerprint density at radius 1 is 1.40 bits per heavy atom. The van der Waals surface area contributed by atoms with Gasteiger partial charge in [-0.2, -0.15) is 0 Å². The van der Waals surface area contributed by atoms with E-state index in [0.717, 1.165) is 23.3 Å². The lowest BCUT2D eigenvalue weighted by atomic mass is 10.2. The van der Waals surface area contributed by atoms with Crippen LogP contribution in [0.25, 0.3) is 10.9 Å². The molecule has 0 N–H and O–H groups in total. The Kier molecular flexibility index (Phi) is 2.03. The molecule has 2 heterocycles. The highest BCUT2D eigenvalue weighted by Crippen LogP contribution is 2.20. The van der Waals surface area contributed by atoms with Crippen molar-refractivity contribution in [1.82, 2.24) is 4.98 Å². The Labute approximate surface area is 87.6 Å². The number of aromatic nitrogens is 1. The Bertz CT molecular complexity index is 480. The van der Waals surface area contributed by atoms with Gasteiger partial charge in [0.25, 0.3) is 0 Å². The third-order valence-electron chi connectivity index (χ3n) is 2.41. The average Bonchev–Trinajstić information content (AvgIpc) is 3.10. The smallest absolute Gasteiger partial charge is 0.120 e. The molecule has 0 amide bonds. The van der Waals surface area contributed by atoms with E-state index in [1.807, 2.05) is 30.3 Å². The Hall–Kier alpha value is -1.61. The zero-order valence-electron chi connectivity index (χ0n) is 8.22. The summed E-state index contributed by atoms with van der Waals surface area (Å²) in [6.07, 6.45) is 2.09. The van der Waals surface area contributed by atoms with Gasteiger partial charge in [-0.1, -0.05) is 6.07 Å². The van der Waals surface area contributed by atoms with Crippen molar-refractivity contribution < 1.29 is 9.47 Å². The maximum Gasteiger partial charge on any atom is 0.120 e. The second kappa shape index (κ2) is 3.51. The van der Waals surface area contributed by atoms with Gasteiger partial charge in [0, 0.05) is 11.6 Å². The number of hydrogen-bond acceptors (Lipinski definition) is 3. The highest BCUT2D eigenvalue weighted by molar-refractivity contribution is 5.79. The van der Waals surface area contributed by atoms with Crippen molar-refractivity contribution in [2.24, 2.45) is 0 Å². The first-order valence-corrected chi connectivity index (χ1v) is 5.01. The molecule has 15 heavy (non-hydrogen) atoms. The van der Waals surface area contributed by atoms with E-state index >= 15 is 0 Å². The summed E-state index contributed by atoms with van der Waals surface area (Å²) in [6, 6.07) is 9.87. The molecule has 1 atom stereocenters. The van der Waals surface area contributed by atoms with Gasteiger partial charge in [0.2, 0.25) is 0 Å². The van der Waals surface area contributed by atoms with E-state index in [4.69, 9.17) is 9.47 Å². The van der Waals surface area contributed by atoms with E-state index in [0.29, 0.717) is 12.7 Å². The molecule has 76 valence electrons. The quantitative estimate of drug-likeness (QED) is 0.712. The molecule has 2 aromatic rings. The number of rotatable bonds is 3. The fourth-order valence-electron chi connectivity index (χ4n) is 1.50. The molecule has 3 rings (SSSR count). The van der Waals surface area contributed by atoms with Crippen molar-refractivity contribution in [3.63, 3.8) is 0 Å². The topological polar surface area (TPSA) is 34.6 Å². The third kappa shape index (κ3) is 1.92. The second-order valence-electron chi connectivity index (χ2n) is 3.62. The predicted molar refractivity (Wildman–Crippen MR) is 57.0 cm³/mol. The number of epoxide rings is 1. The first kappa shape index (κ1) is 8.68.